The summed E-state index contributed by atoms with van der Waals surface area (Å²) in [5.41, 5.74) is 5.70. The molecule has 0 unspecified atom stereocenters. The molecule has 3 nitrogen and oxygen atoms in total. The highest BCUT2D eigenvalue weighted by atomic mass is 15.3. The van der Waals surface area contributed by atoms with Crippen LogP contribution >= 0.6 is 0 Å². The lowest BCUT2D eigenvalue weighted by atomic mass is 10.00. The van der Waals surface area contributed by atoms with Crippen LogP contribution in [0.4, 0.5) is 0 Å². The van der Waals surface area contributed by atoms with Gasteiger partial charge in [0.15, 0.2) is 0 Å². The number of nitriles is 1. The Bertz CT molecular complexity index is 804. The summed E-state index contributed by atoms with van der Waals surface area (Å²) in [6, 6.07) is 18.1. The van der Waals surface area contributed by atoms with Crippen molar-refractivity contribution in [3.8, 4) is 22.9 Å². The minimum absolute atomic E-state index is 0.657. The molecule has 21 heavy (non-hydrogen) atoms. The summed E-state index contributed by atoms with van der Waals surface area (Å²) in [6.07, 6.45) is 1.98. The molecule has 1 aromatic heterocycles. The monoisotopic (exact) mass is 273 g/mol. The molecule has 3 heteroatoms. The zero-order chi connectivity index (χ0) is 14.8. The second-order valence-electron chi connectivity index (χ2n) is 5.05. The quantitative estimate of drug-likeness (QED) is 0.707. The fourth-order valence-corrected chi connectivity index (χ4v) is 2.32. The summed E-state index contributed by atoms with van der Waals surface area (Å²) < 4.78 is 1.82. The van der Waals surface area contributed by atoms with Crippen molar-refractivity contribution in [1.29, 1.82) is 5.26 Å². The largest absolute Gasteiger partial charge is 0.240 e. The number of nitrogens with zero attached hydrogens (tertiary/aromatic N) is 3. The van der Waals surface area contributed by atoms with E-state index < -0.39 is 0 Å². The Balaban J connectivity index is 2.10. The summed E-state index contributed by atoms with van der Waals surface area (Å²) in [5.74, 6) is 0. The molecule has 102 valence electrons. The zero-order valence-electron chi connectivity index (χ0n) is 12.0. The zero-order valence-corrected chi connectivity index (χ0v) is 12.0. The Morgan fingerprint density at radius 3 is 2.43 bits per heavy atom. The van der Waals surface area contributed by atoms with E-state index >= 15 is 0 Å². The van der Waals surface area contributed by atoms with Gasteiger partial charge in [-0.3, -0.25) is 0 Å². The summed E-state index contributed by atoms with van der Waals surface area (Å²) in [5, 5.41) is 13.9. The Morgan fingerprint density at radius 2 is 1.81 bits per heavy atom. The summed E-state index contributed by atoms with van der Waals surface area (Å²) >= 11 is 0. The van der Waals surface area contributed by atoms with Gasteiger partial charge < -0.3 is 0 Å². The molecule has 0 aliphatic carbocycles. The van der Waals surface area contributed by atoms with Crippen molar-refractivity contribution in [3.05, 3.63) is 71.5 Å². The van der Waals surface area contributed by atoms with E-state index in [-0.39, 0.29) is 0 Å². The second kappa shape index (κ2) is 5.26. The Kier molecular flexibility index (Phi) is 3.29. The van der Waals surface area contributed by atoms with Gasteiger partial charge in [0.1, 0.15) is 0 Å². The summed E-state index contributed by atoms with van der Waals surface area (Å²) in [6.45, 7) is 4.01. The molecule has 0 bridgehead atoms. The predicted octanol–water partition coefficient (Wildman–Crippen LogP) is 4.03. The SMILES string of the molecule is Cc1cn(-c2ccc(-c3ccccc3)c(C#N)c2)nc1C. The van der Waals surface area contributed by atoms with Crippen LogP contribution < -0.4 is 0 Å². The van der Waals surface area contributed by atoms with Crippen LogP contribution in [0.2, 0.25) is 0 Å². The number of benzene rings is 2. The molecular weight excluding hydrogens is 258 g/mol. The minimum Gasteiger partial charge on any atom is -0.240 e. The molecule has 0 spiro atoms. The van der Waals surface area contributed by atoms with Crippen LogP contribution in [0.25, 0.3) is 16.8 Å². The van der Waals surface area contributed by atoms with Crippen LogP contribution in [0.1, 0.15) is 16.8 Å². The first-order valence-electron chi connectivity index (χ1n) is 6.82. The molecule has 0 saturated carbocycles. The number of hydrogen-bond acceptors (Lipinski definition) is 2. The first kappa shape index (κ1) is 13.1. The van der Waals surface area contributed by atoms with Gasteiger partial charge in [-0.15, -0.1) is 0 Å². The second-order valence-corrected chi connectivity index (χ2v) is 5.05. The van der Waals surface area contributed by atoms with Gasteiger partial charge in [-0.1, -0.05) is 36.4 Å². The molecule has 2 aromatic carbocycles. The lowest BCUT2D eigenvalue weighted by Crippen LogP contribution is -1.96. The highest BCUT2D eigenvalue weighted by molar-refractivity contribution is 5.72. The summed E-state index contributed by atoms with van der Waals surface area (Å²) in [4.78, 5) is 0. The van der Waals surface area contributed by atoms with Gasteiger partial charge in [-0.25, -0.2) is 4.68 Å². The Morgan fingerprint density at radius 1 is 1.05 bits per heavy atom. The Hall–Kier alpha value is -2.86. The van der Waals surface area contributed by atoms with Gasteiger partial charge >= 0.3 is 0 Å². The van der Waals surface area contributed by atoms with Crippen LogP contribution in [0, 0.1) is 25.2 Å². The van der Waals surface area contributed by atoms with E-state index in [1.54, 1.807) is 0 Å². The number of aryl methyl sites for hydroxylation is 2. The lowest BCUT2D eigenvalue weighted by Gasteiger charge is -2.07. The lowest BCUT2D eigenvalue weighted by molar-refractivity contribution is 0.862. The minimum atomic E-state index is 0.657. The standard InChI is InChI=1S/C18H15N3/c1-13-12-21(20-14(13)2)17-8-9-18(16(10-17)11-19)15-6-4-3-5-7-15/h3-10,12H,1-2H3. The van der Waals surface area contributed by atoms with Crippen molar-refractivity contribution in [2.45, 2.75) is 13.8 Å². The first-order valence-corrected chi connectivity index (χ1v) is 6.82. The van der Waals surface area contributed by atoms with E-state index in [0.717, 1.165) is 28.1 Å². The van der Waals surface area contributed by atoms with Gasteiger partial charge in [0.05, 0.1) is 23.0 Å². The van der Waals surface area contributed by atoms with Crippen molar-refractivity contribution in [3.63, 3.8) is 0 Å². The Labute approximate surface area is 124 Å². The maximum atomic E-state index is 9.43. The van der Waals surface area contributed by atoms with Crippen molar-refractivity contribution in [2.75, 3.05) is 0 Å². The van der Waals surface area contributed by atoms with Crippen molar-refractivity contribution < 1.29 is 0 Å². The van der Waals surface area contributed by atoms with Crippen LogP contribution in [-0.2, 0) is 0 Å². The average Bonchev–Trinajstić information content (AvgIpc) is 2.87. The van der Waals surface area contributed by atoms with Crippen LogP contribution in [0.15, 0.2) is 54.7 Å². The number of rotatable bonds is 2. The molecule has 0 radical (unpaired) electrons. The van der Waals surface area contributed by atoms with E-state index in [4.69, 9.17) is 0 Å². The predicted molar refractivity (Wildman–Crippen MR) is 83.2 cm³/mol. The third-order valence-corrected chi connectivity index (χ3v) is 3.62. The highest BCUT2D eigenvalue weighted by Crippen LogP contribution is 2.25. The molecule has 0 aliphatic rings. The normalized spacial score (nSPS) is 10.3. The van der Waals surface area contributed by atoms with E-state index in [1.165, 1.54) is 0 Å². The smallest absolute Gasteiger partial charge is 0.0998 e. The van der Waals surface area contributed by atoms with E-state index in [1.807, 2.05) is 73.3 Å². The fraction of sp³-hybridized carbons (Fsp3) is 0.111. The molecule has 0 amide bonds. The van der Waals surface area contributed by atoms with Gasteiger partial charge in [0, 0.05) is 6.20 Å². The summed E-state index contributed by atoms with van der Waals surface area (Å²) in [7, 11) is 0. The molecule has 3 aromatic rings. The van der Waals surface area contributed by atoms with E-state index in [2.05, 4.69) is 11.2 Å². The number of hydrogen-bond donors (Lipinski definition) is 0. The average molecular weight is 273 g/mol. The van der Waals surface area contributed by atoms with Gasteiger partial charge in [0.25, 0.3) is 0 Å². The van der Waals surface area contributed by atoms with Gasteiger partial charge in [-0.05, 0) is 42.7 Å². The van der Waals surface area contributed by atoms with Crippen LogP contribution in [-0.4, -0.2) is 9.78 Å². The van der Waals surface area contributed by atoms with Crippen molar-refractivity contribution in [2.24, 2.45) is 0 Å². The van der Waals surface area contributed by atoms with Crippen molar-refractivity contribution >= 4 is 0 Å². The van der Waals surface area contributed by atoms with E-state index in [0.29, 0.717) is 5.56 Å². The van der Waals surface area contributed by atoms with E-state index in [9.17, 15) is 5.26 Å². The third-order valence-electron chi connectivity index (χ3n) is 3.62. The molecule has 0 aliphatic heterocycles. The molecule has 3 rings (SSSR count). The fourth-order valence-electron chi connectivity index (χ4n) is 2.32. The van der Waals surface area contributed by atoms with Crippen LogP contribution in [0.5, 0.6) is 0 Å². The molecule has 1 heterocycles. The van der Waals surface area contributed by atoms with Gasteiger partial charge in [-0.2, -0.15) is 10.4 Å². The number of aromatic nitrogens is 2. The van der Waals surface area contributed by atoms with Crippen molar-refractivity contribution in [1.82, 2.24) is 9.78 Å². The molecular formula is C18H15N3. The molecule has 0 saturated heterocycles. The van der Waals surface area contributed by atoms with Gasteiger partial charge in [0.2, 0.25) is 0 Å². The van der Waals surface area contributed by atoms with Crippen LogP contribution in [0.3, 0.4) is 0 Å². The topological polar surface area (TPSA) is 41.6 Å². The third kappa shape index (κ3) is 2.44. The highest BCUT2D eigenvalue weighted by Gasteiger charge is 2.08. The molecule has 0 N–H and O–H groups in total. The maximum Gasteiger partial charge on any atom is 0.0998 e. The molecule has 0 fully saturated rings. The maximum absolute atomic E-state index is 9.43. The molecule has 0 atom stereocenters. The first-order chi connectivity index (χ1) is 10.2.